The fourth-order valence-corrected chi connectivity index (χ4v) is 2.75. The number of aryl methyl sites for hydroxylation is 1. The normalized spacial score (nSPS) is 10.6. The minimum Gasteiger partial charge on any atom is -0.373 e. The summed E-state index contributed by atoms with van der Waals surface area (Å²) in [6.45, 7) is 2.13. The van der Waals surface area contributed by atoms with Crippen molar-refractivity contribution in [2.75, 3.05) is 12.4 Å². The molecule has 0 unspecified atom stereocenters. The number of hydrogen-bond donors (Lipinski definition) is 1. The molecule has 1 aromatic carbocycles. The second kappa shape index (κ2) is 7.50. The molecule has 0 radical (unpaired) electrons. The van der Waals surface area contributed by atoms with Crippen LogP contribution in [-0.2, 0) is 12.2 Å². The van der Waals surface area contributed by atoms with Crippen molar-refractivity contribution in [3.05, 3.63) is 46.7 Å². The second-order valence-corrected chi connectivity index (χ2v) is 5.85. The molecule has 1 N–H and O–H groups in total. The van der Waals surface area contributed by atoms with Crippen LogP contribution in [0.1, 0.15) is 24.7 Å². The fourth-order valence-electron chi connectivity index (χ4n) is 1.75. The predicted molar refractivity (Wildman–Crippen MR) is 86.6 cm³/mol. The van der Waals surface area contributed by atoms with Crippen molar-refractivity contribution in [2.24, 2.45) is 0 Å². The highest BCUT2D eigenvalue weighted by Gasteiger charge is 2.04. The molecule has 0 aliphatic rings. The maximum absolute atomic E-state index is 5.89. The summed E-state index contributed by atoms with van der Waals surface area (Å²) in [7, 11) is 1.88. The third-order valence-corrected chi connectivity index (χ3v) is 4.01. The molecule has 0 bridgehead atoms. The largest absolute Gasteiger partial charge is 0.373 e. The Morgan fingerprint density at radius 2 is 1.95 bits per heavy atom. The van der Waals surface area contributed by atoms with E-state index in [9.17, 15) is 0 Å². The van der Waals surface area contributed by atoms with Crippen molar-refractivity contribution in [1.29, 1.82) is 0 Å². The van der Waals surface area contributed by atoms with E-state index >= 15 is 0 Å². The van der Waals surface area contributed by atoms with E-state index in [1.165, 1.54) is 5.56 Å². The van der Waals surface area contributed by atoms with Gasteiger partial charge in [0.2, 0.25) is 0 Å². The van der Waals surface area contributed by atoms with Crippen LogP contribution in [0.5, 0.6) is 0 Å². The lowest BCUT2D eigenvalue weighted by molar-refractivity contribution is 0.811. The third-order valence-electron chi connectivity index (χ3n) is 2.78. The molecule has 0 aliphatic heterocycles. The van der Waals surface area contributed by atoms with Gasteiger partial charge < -0.3 is 5.32 Å². The van der Waals surface area contributed by atoms with Gasteiger partial charge in [-0.25, -0.2) is 9.97 Å². The molecule has 0 amide bonds. The van der Waals surface area contributed by atoms with Crippen LogP contribution in [0.2, 0.25) is 5.02 Å². The second-order valence-electron chi connectivity index (χ2n) is 4.42. The summed E-state index contributed by atoms with van der Waals surface area (Å²) in [5.74, 6) is 2.66. The van der Waals surface area contributed by atoms with Gasteiger partial charge in [0.15, 0.2) is 0 Å². The first-order valence-corrected chi connectivity index (χ1v) is 8.00. The summed E-state index contributed by atoms with van der Waals surface area (Å²) in [5, 5.41) is 4.86. The zero-order chi connectivity index (χ0) is 14.4. The highest BCUT2D eigenvalue weighted by Crippen LogP contribution is 2.24. The Labute approximate surface area is 129 Å². The summed E-state index contributed by atoms with van der Waals surface area (Å²) in [5.41, 5.74) is 1.24. The van der Waals surface area contributed by atoms with Gasteiger partial charge in [-0.15, -0.1) is 11.8 Å². The lowest BCUT2D eigenvalue weighted by Gasteiger charge is -2.07. The minimum atomic E-state index is 0.767. The van der Waals surface area contributed by atoms with E-state index in [0.29, 0.717) is 0 Å². The summed E-state index contributed by atoms with van der Waals surface area (Å²) in [4.78, 5) is 9.04. The zero-order valence-electron chi connectivity index (χ0n) is 11.7. The molecule has 106 valence electrons. The summed E-state index contributed by atoms with van der Waals surface area (Å²) in [6.07, 6.45) is 1.96. The number of nitrogens with zero attached hydrogens (tertiary/aromatic N) is 2. The molecule has 20 heavy (non-hydrogen) atoms. The standard InChI is InChI=1S/C15H18ClN3S/c1-3-4-13-18-14(17-2)9-15(19-13)20-10-11-5-7-12(16)8-6-11/h5-9H,3-4,10H2,1-2H3,(H,17,18,19). The van der Waals surface area contributed by atoms with Crippen molar-refractivity contribution in [2.45, 2.75) is 30.5 Å². The lowest BCUT2D eigenvalue weighted by atomic mass is 10.2. The number of anilines is 1. The van der Waals surface area contributed by atoms with E-state index in [0.717, 1.165) is 40.3 Å². The van der Waals surface area contributed by atoms with Crippen LogP contribution in [-0.4, -0.2) is 17.0 Å². The van der Waals surface area contributed by atoms with E-state index in [1.54, 1.807) is 11.8 Å². The molecule has 0 spiro atoms. The number of rotatable bonds is 6. The smallest absolute Gasteiger partial charge is 0.132 e. The molecule has 2 aromatic rings. The Morgan fingerprint density at radius 3 is 2.60 bits per heavy atom. The Bertz CT molecular complexity index is 558. The Hall–Kier alpha value is -1.26. The number of thioether (sulfide) groups is 1. The van der Waals surface area contributed by atoms with Gasteiger partial charge >= 0.3 is 0 Å². The van der Waals surface area contributed by atoms with Gasteiger partial charge in [0.05, 0.1) is 0 Å². The van der Waals surface area contributed by atoms with Crippen molar-refractivity contribution in [3.8, 4) is 0 Å². The van der Waals surface area contributed by atoms with E-state index in [4.69, 9.17) is 11.6 Å². The molecule has 1 heterocycles. The topological polar surface area (TPSA) is 37.8 Å². The molecule has 0 saturated carbocycles. The predicted octanol–water partition coefficient (Wildman–Crippen LogP) is 4.42. The maximum Gasteiger partial charge on any atom is 0.132 e. The molecule has 5 heteroatoms. The van der Waals surface area contributed by atoms with Crippen molar-refractivity contribution >= 4 is 29.2 Å². The first kappa shape index (κ1) is 15.1. The molecular formula is C15H18ClN3S. The lowest BCUT2D eigenvalue weighted by Crippen LogP contribution is -2.01. The Morgan fingerprint density at radius 1 is 1.20 bits per heavy atom. The Kier molecular flexibility index (Phi) is 5.68. The number of aromatic nitrogens is 2. The fraction of sp³-hybridized carbons (Fsp3) is 0.333. The van der Waals surface area contributed by atoms with Crippen LogP contribution in [0.4, 0.5) is 5.82 Å². The highest BCUT2D eigenvalue weighted by atomic mass is 35.5. The number of nitrogens with one attached hydrogen (secondary N) is 1. The van der Waals surface area contributed by atoms with Gasteiger partial charge in [0.1, 0.15) is 16.7 Å². The zero-order valence-corrected chi connectivity index (χ0v) is 13.3. The average Bonchev–Trinajstić information content (AvgIpc) is 2.47. The molecular weight excluding hydrogens is 290 g/mol. The monoisotopic (exact) mass is 307 g/mol. The maximum atomic E-state index is 5.89. The summed E-state index contributed by atoms with van der Waals surface area (Å²) < 4.78 is 0. The van der Waals surface area contributed by atoms with Crippen LogP contribution >= 0.6 is 23.4 Å². The van der Waals surface area contributed by atoms with Gasteiger partial charge in [-0.1, -0.05) is 30.7 Å². The van der Waals surface area contributed by atoms with Gasteiger partial charge in [0.25, 0.3) is 0 Å². The van der Waals surface area contributed by atoms with Gasteiger partial charge in [-0.2, -0.15) is 0 Å². The molecule has 0 aliphatic carbocycles. The first-order valence-electron chi connectivity index (χ1n) is 6.64. The molecule has 0 fully saturated rings. The van der Waals surface area contributed by atoms with Crippen molar-refractivity contribution in [3.63, 3.8) is 0 Å². The van der Waals surface area contributed by atoms with Gasteiger partial charge in [-0.05, 0) is 24.1 Å². The Balaban J connectivity index is 2.07. The van der Waals surface area contributed by atoms with Gasteiger partial charge in [-0.3, -0.25) is 0 Å². The van der Waals surface area contributed by atoms with Crippen LogP contribution in [0.25, 0.3) is 0 Å². The van der Waals surface area contributed by atoms with Crippen molar-refractivity contribution < 1.29 is 0 Å². The van der Waals surface area contributed by atoms with Crippen LogP contribution in [0, 0.1) is 0 Å². The highest BCUT2D eigenvalue weighted by molar-refractivity contribution is 7.98. The molecule has 3 nitrogen and oxygen atoms in total. The molecule has 0 saturated heterocycles. The number of halogens is 1. The van der Waals surface area contributed by atoms with Crippen LogP contribution in [0.3, 0.4) is 0 Å². The minimum absolute atomic E-state index is 0.767. The van der Waals surface area contributed by atoms with E-state index in [1.807, 2.05) is 37.4 Å². The van der Waals surface area contributed by atoms with Crippen LogP contribution in [0.15, 0.2) is 35.4 Å². The summed E-state index contributed by atoms with van der Waals surface area (Å²) in [6, 6.07) is 9.91. The van der Waals surface area contributed by atoms with Gasteiger partial charge in [0, 0.05) is 30.3 Å². The third kappa shape index (κ3) is 4.39. The number of benzene rings is 1. The van der Waals surface area contributed by atoms with E-state index in [2.05, 4.69) is 22.2 Å². The molecule has 0 atom stereocenters. The SMILES string of the molecule is CCCc1nc(NC)cc(SCc2ccc(Cl)cc2)n1. The van der Waals surface area contributed by atoms with E-state index in [-0.39, 0.29) is 0 Å². The average molecular weight is 308 g/mol. The van der Waals surface area contributed by atoms with Crippen molar-refractivity contribution in [1.82, 2.24) is 9.97 Å². The summed E-state index contributed by atoms with van der Waals surface area (Å²) >= 11 is 7.60. The quantitative estimate of drug-likeness (QED) is 0.633. The van der Waals surface area contributed by atoms with E-state index < -0.39 is 0 Å². The molecule has 2 rings (SSSR count). The number of hydrogen-bond acceptors (Lipinski definition) is 4. The van der Waals surface area contributed by atoms with Crippen LogP contribution < -0.4 is 5.32 Å². The first-order chi connectivity index (χ1) is 9.71. The molecule has 1 aromatic heterocycles.